The first-order valence-electron chi connectivity index (χ1n) is 2.82. The minimum atomic E-state index is 0.309. The monoisotopic (exact) mass is 118 g/mol. The van der Waals surface area contributed by atoms with Gasteiger partial charge in [-0.05, 0) is 13.8 Å². The van der Waals surface area contributed by atoms with E-state index in [9.17, 15) is 0 Å². The summed E-state index contributed by atoms with van der Waals surface area (Å²) >= 11 is 0. The second-order valence-electron chi connectivity index (χ2n) is 1.87. The molecule has 0 aromatic rings. The second-order valence-corrected chi connectivity index (χ2v) is 1.87. The Balaban J connectivity index is 2.72. The number of ether oxygens (including phenoxy) is 1. The van der Waals surface area contributed by atoms with E-state index in [1.807, 2.05) is 13.8 Å². The van der Waals surface area contributed by atoms with Crippen LogP contribution in [0.2, 0.25) is 0 Å². The van der Waals surface area contributed by atoms with Crippen LogP contribution in [-0.4, -0.2) is 19.3 Å². The summed E-state index contributed by atoms with van der Waals surface area (Å²) in [6.45, 7) is 5.40. The van der Waals surface area contributed by atoms with Gasteiger partial charge in [-0.15, -0.1) is 0 Å². The number of hydrogen-bond acceptors (Lipinski definition) is 3. The highest BCUT2D eigenvalue weighted by Gasteiger charge is 1.88. The lowest BCUT2D eigenvalue weighted by Gasteiger charge is -2.04. The van der Waals surface area contributed by atoms with Crippen LogP contribution < -0.4 is 11.3 Å². The van der Waals surface area contributed by atoms with Crippen LogP contribution in [0, 0.1) is 0 Å². The molecule has 50 valence electrons. The van der Waals surface area contributed by atoms with E-state index in [-0.39, 0.29) is 0 Å². The average Bonchev–Trinajstić information content (AvgIpc) is 1.66. The minimum absolute atomic E-state index is 0.309. The number of hydrazine groups is 1. The van der Waals surface area contributed by atoms with Crippen molar-refractivity contribution in [2.75, 3.05) is 13.2 Å². The zero-order valence-corrected chi connectivity index (χ0v) is 5.48. The third kappa shape index (κ3) is 5.88. The van der Waals surface area contributed by atoms with Crippen LogP contribution in [-0.2, 0) is 4.74 Å². The van der Waals surface area contributed by atoms with Gasteiger partial charge in [-0.25, -0.2) is 0 Å². The number of nitrogens with one attached hydrogen (secondary N) is 1. The highest BCUT2D eigenvalue weighted by molar-refractivity contribution is 4.38. The molecule has 0 aliphatic heterocycles. The third-order valence-electron chi connectivity index (χ3n) is 0.698. The van der Waals surface area contributed by atoms with Crippen molar-refractivity contribution in [2.24, 2.45) is 5.84 Å². The van der Waals surface area contributed by atoms with Gasteiger partial charge in [0.15, 0.2) is 0 Å². The second kappa shape index (κ2) is 5.03. The molecule has 8 heavy (non-hydrogen) atoms. The summed E-state index contributed by atoms with van der Waals surface area (Å²) in [4.78, 5) is 0. The lowest BCUT2D eigenvalue weighted by molar-refractivity contribution is 0.0810. The molecule has 0 atom stereocenters. The van der Waals surface area contributed by atoms with Crippen LogP contribution in [0.5, 0.6) is 0 Å². The van der Waals surface area contributed by atoms with Crippen molar-refractivity contribution in [2.45, 2.75) is 20.0 Å². The van der Waals surface area contributed by atoms with Crippen LogP contribution in [0.25, 0.3) is 0 Å². The van der Waals surface area contributed by atoms with Gasteiger partial charge >= 0.3 is 0 Å². The molecule has 0 fully saturated rings. The molecule has 0 unspecified atom stereocenters. The van der Waals surface area contributed by atoms with Crippen LogP contribution in [0.1, 0.15) is 13.8 Å². The first-order valence-corrected chi connectivity index (χ1v) is 2.82. The predicted molar refractivity (Wildman–Crippen MR) is 33.3 cm³/mol. The molecule has 0 spiro atoms. The summed E-state index contributed by atoms with van der Waals surface area (Å²) in [6.07, 6.45) is 0.309. The molecule has 0 aliphatic rings. The summed E-state index contributed by atoms with van der Waals surface area (Å²) in [5, 5.41) is 0. The van der Waals surface area contributed by atoms with Crippen molar-refractivity contribution >= 4 is 0 Å². The van der Waals surface area contributed by atoms with Gasteiger partial charge in [0, 0.05) is 6.54 Å². The largest absolute Gasteiger partial charge is 0.377 e. The Labute approximate surface area is 50.2 Å². The fraction of sp³-hybridized carbons (Fsp3) is 1.00. The van der Waals surface area contributed by atoms with Gasteiger partial charge in [-0.1, -0.05) is 0 Å². The first kappa shape index (κ1) is 7.88. The van der Waals surface area contributed by atoms with Gasteiger partial charge in [0.05, 0.1) is 12.7 Å². The van der Waals surface area contributed by atoms with Gasteiger partial charge in [0.25, 0.3) is 0 Å². The molecule has 3 heteroatoms. The Hall–Kier alpha value is -0.120. The Kier molecular flexibility index (Phi) is 4.95. The maximum Gasteiger partial charge on any atom is 0.0608 e. The van der Waals surface area contributed by atoms with E-state index in [1.165, 1.54) is 0 Å². The normalized spacial score (nSPS) is 10.5. The molecule has 0 rings (SSSR count). The molecule has 0 bridgehead atoms. The molecule has 0 aliphatic carbocycles. The van der Waals surface area contributed by atoms with E-state index >= 15 is 0 Å². The summed E-state index contributed by atoms with van der Waals surface area (Å²) in [7, 11) is 0. The van der Waals surface area contributed by atoms with E-state index < -0.39 is 0 Å². The average molecular weight is 118 g/mol. The lowest BCUT2D eigenvalue weighted by atomic mass is 10.5. The fourth-order valence-corrected chi connectivity index (χ4v) is 0.354. The van der Waals surface area contributed by atoms with Crippen molar-refractivity contribution in [1.82, 2.24) is 5.43 Å². The summed E-state index contributed by atoms with van der Waals surface area (Å²) in [6, 6.07) is 0. The Morgan fingerprint density at radius 1 is 1.62 bits per heavy atom. The van der Waals surface area contributed by atoms with Crippen molar-refractivity contribution in [3.8, 4) is 0 Å². The topological polar surface area (TPSA) is 47.3 Å². The van der Waals surface area contributed by atoms with Crippen molar-refractivity contribution in [1.29, 1.82) is 0 Å². The number of hydrogen-bond donors (Lipinski definition) is 2. The van der Waals surface area contributed by atoms with E-state index in [2.05, 4.69) is 5.43 Å². The highest BCUT2D eigenvalue weighted by Crippen LogP contribution is 1.83. The SMILES string of the molecule is CC(C)OCCNN. The van der Waals surface area contributed by atoms with Crippen LogP contribution >= 0.6 is 0 Å². The van der Waals surface area contributed by atoms with Gasteiger partial charge in [-0.2, -0.15) is 0 Å². The van der Waals surface area contributed by atoms with Crippen LogP contribution in [0.4, 0.5) is 0 Å². The Morgan fingerprint density at radius 2 is 2.25 bits per heavy atom. The summed E-state index contributed by atoms with van der Waals surface area (Å²) in [5.74, 6) is 4.98. The highest BCUT2D eigenvalue weighted by atomic mass is 16.5. The van der Waals surface area contributed by atoms with Crippen LogP contribution in [0.3, 0.4) is 0 Å². The van der Waals surface area contributed by atoms with E-state index in [1.54, 1.807) is 0 Å². The fourth-order valence-electron chi connectivity index (χ4n) is 0.354. The minimum Gasteiger partial charge on any atom is -0.377 e. The molecule has 0 aromatic heterocycles. The molecular formula is C5H14N2O. The molecule has 0 aromatic carbocycles. The molecule has 0 amide bonds. The molecule has 0 saturated carbocycles. The van der Waals surface area contributed by atoms with E-state index in [0.717, 1.165) is 6.54 Å². The van der Waals surface area contributed by atoms with Crippen LogP contribution in [0.15, 0.2) is 0 Å². The molecule has 3 N–H and O–H groups in total. The maximum atomic E-state index is 5.14. The van der Waals surface area contributed by atoms with Gasteiger partial charge in [0.1, 0.15) is 0 Å². The first-order chi connectivity index (χ1) is 3.77. The Morgan fingerprint density at radius 3 is 2.62 bits per heavy atom. The standard InChI is InChI=1S/C5H14N2O/c1-5(2)8-4-3-7-6/h5,7H,3-4,6H2,1-2H3. The Bertz CT molecular complexity index is 47.7. The van der Waals surface area contributed by atoms with Gasteiger partial charge < -0.3 is 4.74 Å². The van der Waals surface area contributed by atoms with E-state index in [0.29, 0.717) is 12.7 Å². The smallest absolute Gasteiger partial charge is 0.0608 e. The molecule has 0 radical (unpaired) electrons. The van der Waals surface area contributed by atoms with Crippen molar-refractivity contribution in [3.63, 3.8) is 0 Å². The summed E-state index contributed by atoms with van der Waals surface area (Å²) < 4.78 is 5.14. The molecule has 3 nitrogen and oxygen atoms in total. The summed E-state index contributed by atoms with van der Waals surface area (Å²) in [5.41, 5.74) is 2.50. The van der Waals surface area contributed by atoms with E-state index in [4.69, 9.17) is 10.6 Å². The third-order valence-corrected chi connectivity index (χ3v) is 0.698. The molecule has 0 heterocycles. The quantitative estimate of drug-likeness (QED) is 0.307. The molecular weight excluding hydrogens is 104 g/mol. The van der Waals surface area contributed by atoms with Gasteiger partial charge in [-0.3, -0.25) is 11.3 Å². The van der Waals surface area contributed by atoms with Gasteiger partial charge in [0.2, 0.25) is 0 Å². The number of nitrogens with two attached hydrogens (primary N) is 1. The lowest BCUT2D eigenvalue weighted by Crippen LogP contribution is -2.27. The maximum absolute atomic E-state index is 5.14. The molecule has 0 saturated heterocycles. The zero-order chi connectivity index (χ0) is 6.41. The van der Waals surface area contributed by atoms with Crippen molar-refractivity contribution < 1.29 is 4.74 Å². The number of rotatable bonds is 4. The predicted octanol–water partition coefficient (Wildman–Crippen LogP) is -0.125. The zero-order valence-electron chi connectivity index (χ0n) is 5.48. The van der Waals surface area contributed by atoms with Crippen molar-refractivity contribution in [3.05, 3.63) is 0 Å².